The van der Waals surface area contributed by atoms with Gasteiger partial charge in [0.05, 0.1) is 27.0 Å². The zero-order chi connectivity index (χ0) is 19.7. The van der Waals surface area contributed by atoms with E-state index in [1.807, 2.05) is 6.07 Å². The van der Waals surface area contributed by atoms with E-state index < -0.39 is 0 Å². The van der Waals surface area contributed by atoms with Gasteiger partial charge in [0.2, 0.25) is 0 Å². The molecule has 0 atom stereocenters. The first-order valence-corrected chi connectivity index (χ1v) is 9.21. The third-order valence-corrected chi connectivity index (χ3v) is 5.21. The van der Waals surface area contributed by atoms with Crippen LogP contribution in [0.1, 0.15) is 22.0 Å². The van der Waals surface area contributed by atoms with Gasteiger partial charge in [0.1, 0.15) is 33.2 Å². The van der Waals surface area contributed by atoms with Crippen molar-refractivity contribution in [3.8, 4) is 11.5 Å². The SMILES string of the molecule is COc1ccc(OC)c2sc(N(Cc3ccco3)C(=O)c3cc(C)on3)nc12. The number of hydrogen-bond donors (Lipinski definition) is 0. The molecule has 1 aromatic carbocycles. The first kappa shape index (κ1) is 18.1. The molecule has 8 nitrogen and oxygen atoms in total. The summed E-state index contributed by atoms with van der Waals surface area (Å²) in [5.74, 6) is 2.08. The Labute approximate surface area is 164 Å². The van der Waals surface area contributed by atoms with Gasteiger partial charge in [0.15, 0.2) is 10.8 Å². The number of furan rings is 1. The van der Waals surface area contributed by atoms with Crippen molar-refractivity contribution in [2.24, 2.45) is 0 Å². The molecule has 4 rings (SSSR count). The van der Waals surface area contributed by atoms with E-state index in [0.29, 0.717) is 33.7 Å². The van der Waals surface area contributed by atoms with Gasteiger partial charge in [-0.3, -0.25) is 9.69 Å². The number of anilines is 1. The van der Waals surface area contributed by atoms with Crippen molar-refractivity contribution >= 4 is 32.6 Å². The molecular formula is C19H17N3O5S. The van der Waals surface area contributed by atoms with Crippen LogP contribution in [-0.4, -0.2) is 30.3 Å². The highest BCUT2D eigenvalue weighted by molar-refractivity contribution is 7.22. The smallest absolute Gasteiger partial charge is 0.282 e. The summed E-state index contributed by atoms with van der Waals surface area (Å²) in [5.41, 5.74) is 0.817. The Morgan fingerprint density at radius 3 is 2.64 bits per heavy atom. The minimum atomic E-state index is -0.342. The highest BCUT2D eigenvalue weighted by atomic mass is 32.1. The number of ether oxygens (including phenoxy) is 2. The fourth-order valence-corrected chi connectivity index (χ4v) is 3.85. The monoisotopic (exact) mass is 399 g/mol. The van der Waals surface area contributed by atoms with Gasteiger partial charge in [-0.25, -0.2) is 4.98 Å². The number of aromatic nitrogens is 2. The zero-order valence-electron chi connectivity index (χ0n) is 15.5. The van der Waals surface area contributed by atoms with E-state index >= 15 is 0 Å². The summed E-state index contributed by atoms with van der Waals surface area (Å²) in [7, 11) is 3.16. The lowest BCUT2D eigenvalue weighted by molar-refractivity contribution is 0.0974. The van der Waals surface area contributed by atoms with Gasteiger partial charge in [-0.15, -0.1) is 0 Å². The number of fused-ring (bicyclic) bond motifs is 1. The van der Waals surface area contributed by atoms with E-state index in [9.17, 15) is 4.79 Å². The lowest BCUT2D eigenvalue weighted by Gasteiger charge is -2.17. The van der Waals surface area contributed by atoms with Crippen LogP contribution in [0, 0.1) is 6.92 Å². The summed E-state index contributed by atoms with van der Waals surface area (Å²) in [4.78, 5) is 19.3. The fourth-order valence-electron chi connectivity index (χ4n) is 2.78. The Morgan fingerprint density at radius 2 is 2.00 bits per heavy atom. The van der Waals surface area contributed by atoms with E-state index in [1.165, 1.54) is 16.2 Å². The van der Waals surface area contributed by atoms with Crippen LogP contribution in [0.3, 0.4) is 0 Å². The summed E-state index contributed by atoms with van der Waals surface area (Å²) >= 11 is 1.33. The van der Waals surface area contributed by atoms with Crippen molar-refractivity contribution in [2.45, 2.75) is 13.5 Å². The normalized spacial score (nSPS) is 11.0. The van der Waals surface area contributed by atoms with E-state index in [0.717, 1.165) is 4.70 Å². The van der Waals surface area contributed by atoms with Crippen LogP contribution < -0.4 is 14.4 Å². The number of rotatable bonds is 6. The largest absolute Gasteiger partial charge is 0.495 e. The molecule has 144 valence electrons. The number of carbonyl (C=O) groups is 1. The Balaban J connectivity index is 1.82. The van der Waals surface area contributed by atoms with Crippen LogP contribution in [0.5, 0.6) is 11.5 Å². The second-order valence-corrected chi connectivity index (χ2v) is 6.92. The van der Waals surface area contributed by atoms with Crippen LogP contribution in [0.25, 0.3) is 10.2 Å². The molecule has 3 heterocycles. The van der Waals surface area contributed by atoms with Gasteiger partial charge in [-0.1, -0.05) is 16.5 Å². The molecule has 0 unspecified atom stereocenters. The maximum absolute atomic E-state index is 13.1. The van der Waals surface area contributed by atoms with Gasteiger partial charge >= 0.3 is 0 Å². The second-order valence-electron chi connectivity index (χ2n) is 5.94. The number of carbonyl (C=O) groups excluding carboxylic acids is 1. The molecule has 3 aromatic heterocycles. The third-order valence-electron chi connectivity index (χ3n) is 4.12. The number of thiazole rings is 1. The lowest BCUT2D eigenvalue weighted by atomic mass is 10.3. The van der Waals surface area contributed by atoms with Gasteiger partial charge in [-0.05, 0) is 31.2 Å². The average Bonchev–Trinajstić information content (AvgIpc) is 3.45. The van der Waals surface area contributed by atoms with E-state index in [-0.39, 0.29) is 18.1 Å². The van der Waals surface area contributed by atoms with Gasteiger partial charge in [0.25, 0.3) is 5.91 Å². The third kappa shape index (κ3) is 3.20. The average molecular weight is 399 g/mol. The molecule has 28 heavy (non-hydrogen) atoms. The Morgan fingerprint density at radius 1 is 1.21 bits per heavy atom. The summed E-state index contributed by atoms with van der Waals surface area (Å²) in [5, 5.41) is 4.32. The topological polar surface area (TPSA) is 90.8 Å². The van der Waals surface area contributed by atoms with Gasteiger partial charge in [0, 0.05) is 6.07 Å². The van der Waals surface area contributed by atoms with Crippen LogP contribution in [0.15, 0.2) is 45.5 Å². The second kappa shape index (κ2) is 7.35. The first-order valence-electron chi connectivity index (χ1n) is 8.39. The number of hydrogen-bond acceptors (Lipinski definition) is 8. The highest BCUT2D eigenvalue weighted by Gasteiger charge is 2.26. The first-order chi connectivity index (χ1) is 13.6. The van der Waals surface area contributed by atoms with Gasteiger partial charge < -0.3 is 18.4 Å². The predicted octanol–water partition coefficient (Wildman–Crippen LogP) is 4.05. The number of amides is 1. The molecule has 0 aliphatic carbocycles. The lowest BCUT2D eigenvalue weighted by Crippen LogP contribution is -2.30. The van der Waals surface area contributed by atoms with Crippen molar-refractivity contribution in [3.05, 3.63) is 53.8 Å². The summed E-state index contributed by atoms with van der Waals surface area (Å²) < 4.78 is 22.1. The minimum absolute atomic E-state index is 0.197. The number of methoxy groups -OCH3 is 2. The van der Waals surface area contributed by atoms with E-state index in [1.54, 1.807) is 51.7 Å². The quantitative estimate of drug-likeness (QED) is 0.483. The summed E-state index contributed by atoms with van der Waals surface area (Å²) in [6.45, 7) is 1.93. The minimum Gasteiger partial charge on any atom is -0.495 e. The zero-order valence-corrected chi connectivity index (χ0v) is 16.3. The van der Waals surface area contributed by atoms with Crippen molar-refractivity contribution in [1.29, 1.82) is 0 Å². The maximum Gasteiger partial charge on any atom is 0.282 e. The van der Waals surface area contributed by atoms with E-state index in [2.05, 4.69) is 10.1 Å². The molecule has 0 fully saturated rings. The summed E-state index contributed by atoms with van der Waals surface area (Å²) in [6, 6.07) is 8.74. The molecule has 0 aliphatic rings. The van der Waals surface area contributed by atoms with Crippen molar-refractivity contribution < 1.29 is 23.2 Å². The fraction of sp³-hybridized carbons (Fsp3) is 0.211. The van der Waals surface area contributed by atoms with E-state index in [4.69, 9.17) is 18.4 Å². The maximum atomic E-state index is 13.1. The van der Waals surface area contributed by atoms with Crippen molar-refractivity contribution in [1.82, 2.24) is 10.1 Å². The molecule has 0 radical (unpaired) electrons. The molecule has 0 saturated carbocycles. The predicted molar refractivity (Wildman–Crippen MR) is 103 cm³/mol. The van der Waals surface area contributed by atoms with Crippen LogP contribution >= 0.6 is 11.3 Å². The molecule has 1 amide bonds. The van der Waals surface area contributed by atoms with Crippen LogP contribution in [0.4, 0.5) is 5.13 Å². The molecule has 4 aromatic rings. The molecular weight excluding hydrogens is 382 g/mol. The van der Waals surface area contributed by atoms with Crippen LogP contribution in [0.2, 0.25) is 0 Å². The molecule has 0 N–H and O–H groups in total. The Kier molecular flexibility index (Phi) is 4.74. The molecule has 0 bridgehead atoms. The molecule has 9 heteroatoms. The molecule has 0 spiro atoms. The molecule has 0 saturated heterocycles. The number of nitrogens with zero attached hydrogens (tertiary/aromatic N) is 3. The van der Waals surface area contributed by atoms with Crippen molar-refractivity contribution in [2.75, 3.05) is 19.1 Å². The standard InChI is InChI=1S/C19H17N3O5S/c1-11-9-13(21-27-11)18(23)22(10-12-5-4-8-26-12)19-20-16-14(24-2)6-7-15(25-3)17(16)28-19/h4-9H,10H2,1-3H3. The van der Waals surface area contributed by atoms with Gasteiger partial charge in [-0.2, -0.15) is 0 Å². The number of benzene rings is 1. The number of aryl methyl sites for hydroxylation is 1. The highest BCUT2D eigenvalue weighted by Crippen LogP contribution is 2.40. The molecule has 0 aliphatic heterocycles. The van der Waals surface area contributed by atoms with Crippen molar-refractivity contribution in [3.63, 3.8) is 0 Å². The summed E-state index contributed by atoms with van der Waals surface area (Å²) in [6.07, 6.45) is 1.56. The van der Waals surface area contributed by atoms with Crippen LogP contribution in [-0.2, 0) is 6.54 Å². The Bertz CT molecular complexity index is 1080. The Hall–Kier alpha value is -3.33.